The van der Waals surface area contributed by atoms with Gasteiger partial charge in [0, 0.05) is 20.0 Å². The fraction of sp³-hybridized carbons (Fsp3) is 0.300. The first kappa shape index (κ1) is 17.5. The molecular formula is C20H21ClN2O2. The van der Waals surface area contributed by atoms with E-state index in [1.165, 1.54) is 0 Å². The van der Waals surface area contributed by atoms with Gasteiger partial charge in [0.15, 0.2) is 0 Å². The summed E-state index contributed by atoms with van der Waals surface area (Å²) in [5.41, 5.74) is 1.74. The Morgan fingerprint density at radius 2 is 1.80 bits per heavy atom. The van der Waals surface area contributed by atoms with Crippen molar-refractivity contribution < 1.29 is 9.59 Å². The molecule has 2 aromatic rings. The molecule has 3 rings (SSSR count). The smallest absolute Gasteiger partial charge is 0.228 e. The molecule has 0 bridgehead atoms. The third-order valence-electron chi connectivity index (χ3n) is 4.83. The minimum Gasteiger partial charge on any atom is -0.339 e. The number of hydrogen-bond donors (Lipinski definition) is 0. The normalized spacial score (nSPS) is 18.3. The average Bonchev–Trinajstić information content (AvgIpc) is 3.02. The van der Waals surface area contributed by atoms with Crippen molar-refractivity contribution in [1.82, 2.24) is 4.90 Å². The predicted octanol–water partition coefficient (Wildman–Crippen LogP) is 3.91. The molecule has 1 aliphatic rings. The van der Waals surface area contributed by atoms with Gasteiger partial charge in [0.2, 0.25) is 11.8 Å². The van der Waals surface area contributed by atoms with Crippen LogP contribution in [0.25, 0.3) is 0 Å². The summed E-state index contributed by atoms with van der Waals surface area (Å²) in [5, 5.41) is 0.523. The fourth-order valence-electron chi connectivity index (χ4n) is 3.21. The largest absolute Gasteiger partial charge is 0.339 e. The third-order valence-corrected chi connectivity index (χ3v) is 5.15. The summed E-state index contributed by atoms with van der Waals surface area (Å²) in [5.74, 6) is -0.425. The van der Waals surface area contributed by atoms with Crippen molar-refractivity contribution in [2.45, 2.75) is 19.4 Å². The van der Waals surface area contributed by atoms with Gasteiger partial charge in [0.1, 0.15) is 0 Å². The number of carbonyl (C=O) groups excluding carboxylic acids is 2. The summed E-state index contributed by atoms with van der Waals surface area (Å²) < 4.78 is 0. The van der Waals surface area contributed by atoms with Gasteiger partial charge >= 0.3 is 0 Å². The Morgan fingerprint density at radius 1 is 1.16 bits per heavy atom. The average molecular weight is 357 g/mol. The maximum absolute atomic E-state index is 12.9. The zero-order valence-electron chi connectivity index (χ0n) is 14.4. The summed E-state index contributed by atoms with van der Waals surface area (Å²) >= 11 is 6.20. The molecule has 0 saturated carbocycles. The molecule has 1 fully saturated rings. The maximum atomic E-state index is 12.9. The lowest BCUT2D eigenvalue weighted by atomic mass is 10.0. The van der Waals surface area contributed by atoms with Crippen molar-refractivity contribution in [2.24, 2.45) is 5.92 Å². The van der Waals surface area contributed by atoms with Crippen LogP contribution < -0.4 is 4.90 Å². The number of benzene rings is 2. The van der Waals surface area contributed by atoms with E-state index >= 15 is 0 Å². The molecule has 25 heavy (non-hydrogen) atoms. The summed E-state index contributed by atoms with van der Waals surface area (Å²) in [6.07, 6.45) is 0.218. The highest BCUT2D eigenvalue weighted by Crippen LogP contribution is 2.32. The standard InChI is InChI=1S/C20H21ClN2O2/c1-14(15-8-4-3-5-9-15)22(2)20(25)16-12-19(24)23(13-16)18-11-7-6-10-17(18)21/h3-11,14,16H,12-13H2,1-2H3. The minimum atomic E-state index is -0.347. The quantitative estimate of drug-likeness (QED) is 0.833. The molecule has 5 heteroatoms. The lowest BCUT2D eigenvalue weighted by Crippen LogP contribution is -2.36. The molecule has 2 atom stereocenters. The molecule has 2 amide bonds. The Hall–Kier alpha value is -2.33. The summed E-state index contributed by atoms with van der Waals surface area (Å²) in [7, 11) is 1.79. The molecular weight excluding hydrogens is 336 g/mol. The highest BCUT2D eigenvalue weighted by atomic mass is 35.5. The molecule has 2 aromatic carbocycles. The number of hydrogen-bond acceptors (Lipinski definition) is 2. The van der Waals surface area contributed by atoms with Crippen molar-refractivity contribution in [3.8, 4) is 0 Å². The molecule has 4 nitrogen and oxygen atoms in total. The number of carbonyl (C=O) groups is 2. The highest BCUT2D eigenvalue weighted by Gasteiger charge is 2.38. The second-order valence-corrected chi connectivity index (χ2v) is 6.80. The molecule has 2 unspecified atom stereocenters. The number of halogens is 1. The van der Waals surface area contributed by atoms with Gasteiger partial charge in [-0.3, -0.25) is 9.59 Å². The van der Waals surface area contributed by atoms with Crippen LogP contribution in [-0.4, -0.2) is 30.3 Å². The van der Waals surface area contributed by atoms with Gasteiger partial charge in [0.25, 0.3) is 0 Å². The summed E-state index contributed by atoms with van der Waals surface area (Å²) in [6.45, 7) is 2.36. The van der Waals surface area contributed by atoms with Crippen molar-refractivity contribution in [2.75, 3.05) is 18.5 Å². The van der Waals surface area contributed by atoms with Crippen LogP contribution in [0.5, 0.6) is 0 Å². The topological polar surface area (TPSA) is 40.6 Å². The summed E-state index contributed by atoms with van der Waals surface area (Å²) in [4.78, 5) is 28.6. The zero-order chi connectivity index (χ0) is 18.0. The predicted molar refractivity (Wildman–Crippen MR) is 99.5 cm³/mol. The van der Waals surface area contributed by atoms with E-state index in [2.05, 4.69) is 0 Å². The maximum Gasteiger partial charge on any atom is 0.228 e. The molecule has 0 aromatic heterocycles. The van der Waals surface area contributed by atoms with Crippen LogP contribution in [0.2, 0.25) is 5.02 Å². The van der Waals surface area contributed by atoms with Crippen LogP contribution in [0.1, 0.15) is 24.9 Å². The minimum absolute atomic E-state index is 0.0146. The summed E-state index contributed by atoms with van der Waals surface area (Å²) in [6, 6.07) is 17.1. The first-order valence-corrected chi connectivity index (χ1v) is 8.73. The van der Waals surface area contributed by atoms with E-state index in [9.17, 15) is 9.59 Å². The van der Waals surface area contributed by atoms with E-state index < -0.39 is 0 Å². The molecule has 0 N–H and O–H groups in total. The van der Waals surface area contributed by atoms with Gasteiger partial charge < -0.3 is 9.80 Å². The van der Waals surface area contributed by atoms with Crippen LogP contribution in [0.3, 0.4) is 0 Å². The second kappa shape index (κ2) is 7.28. The van der Waals surface area contributed by atoms with Gasteiger partial charge in [-0.25, -0.2) is 0 Å². The van der Waals surface area contributed by atoms with Gasteiger partial charge in [-0.05, 0) is 24.6 Å². The number of amides is 2. The Labute approximate surface area is 153 Å². The molecule has 1 heterocycles. The molecule has 1 saturated heterocycles. The lowest BCUT2D eigenvalue weighted by molar-refractivity contribution is -0.136. The lowest BCUT2D eigenvalue weighted by Gasteiger charge is -2.28. The SMILES string of the molecule is CC(c1ccccc1)N(C)C(=O)C1CC(=O)N(c2ccccc2Cl)C1. The van der Waals surface area contributed by atoms with Crippen molar-refractivity contribution >= 4 is 29.1 Å². The number of rotatable bonds is 4. The van der Waals surface area contributed by atoms with Crippen LogP contribution in [-0.2, 0) is 9.59 Å². The van der Waals surface area contributed by atoms with Gasteiger partial charge in [-0.15, -0.1) is 0 Å². The second-order valence-electron chi connectivity index (χ2n) is 6.39. The number of anilines is 1. The first-order valence-electron chi connectivity index (χ1n) is 8.35. The molecule has 0 aliphatic carbocycles. The van der Waals surface area contributed by atoms with Gasteiger partial charge in [-0.2, -0.15) is 0 Å². The Kier molecular flexibility index (Phi) is 5.09. The van der Waals surface area contributed by atoms with E-state index in [0.29, 0.717) is 17.3 Å². The Balaban J connectivity index is 1.73. The van der Waals surface area contributed by atoms with Gasteiger partial charge in [-0.1, -0.05) is 54.1 Å². The molecule has 0 radical (unpaired) electrons. The Morgan fingerprint density at radius 3 is 2.48 bits per heavy atom. The van der Waals surface area contributed by atoms with E-state index in [-0.39, 0.29) is 30.2 Å². The Bertz CT molecular complexity index is 778. The van der Waals surface area contributed by atoms with E-state index in [1.54, 1.807) is 22.9 Å². The van der Waals surface area contributed by atoms with E-state index in [4.69, 9.17) is 11.6 Å². The number of para-hydroxylation sites is 1. The third kappa shape index (κ3) is 3.54. The monoisotopic (exact) mass is 356 g/mol. The van der Waals surface area contributed by atoms with Gasteiger partial charge in [0.05, 0.1) is 22.7 Å². The van der Waals surface area contributed by atoms with E-state index in [0.717, 1.165) is 5.56 Å². The van der Waals surface area contributed by atoms with Crippen LogP contribution in [0.15, 0.2) is 54.6 Å². The first-order chi connectivity index (χ1) is 12.0. The highest BCUT2D eigenvalue weighted by molar-refractivity contribution is 6.33. The van der Waals surface area contributed by atoms with Crippen LogP contribution >= 0.6 is 11.6 Å². The molecule has 130 valence electrons. The molecule has 0 spiro atoms. The van der Waals surface area contributed by atoms with Crippen molar-refractivity contribution in [3.63, 3.8) is 0 Å². The van der Waals surface area contributed by atoms with Crippen molar-refractivity contribution in [1.29, 1.82) is 0 Å². The fourth-order valence-corrected chi connectivity index (χ4v) is 3.45. The van der Waals surface area contributed by atoms with Crippen molar-refractivity contribution in [3.05, 3.63) is 65.2 Å². The van der Waals surface area contributed by atoms with Crippen LogP contribution in [0.4, 0.5) is 5.69 Å². The zero-order valence-corrected chi connectivity index (χ0v) is 15.1. The number of nitrogens with zero attached hydrogens (tertiary/aromatic N) is 2. The molecule has 1 aliphatic heterocycles. The van der Waals surface area contributed by atoms with Crippen LogP contribution in [0, 0.1) is 5.92 Å². The van der Waals surface area contributed by atoms with E-state index in [1.807, 2.05) is 55.5 Å².